The van der Waals surface area contributed by atoms with E-state index in [1.54, 1.807) is 28.2 Å². The molecular weight excluding hydrogens is 384 g/mol. The second-order valence-electron chi connectivity index (χ2n) is 6.66. The summed E-state index contributed by atoms with van der Waals surface area (Å²) in [5.74, 6) is 0.241. The molecule has 3 heterocycles. The first-order chi connectivity index (χ1) is 14.1. The van der Waals surface area contributed by atoms with Crippen LogP contribution in [0, 0.1) is 0 Å². The first kappa shape index (κ1) is 17.3. The van der Waals surface area contributed by atoms with Gasteiger partial charge >= 0.3 is 0 Å². The number of benzene rings is 2. The zero-order valence-corrected chi connectivity index (χ0v) is 16.3. The monoisotopic (exact) mass is 400 g/mol. The van der Waals surface area contributed by atoms with Gasteiger partial charge in [-0.2, -0.15) is 5.10 Å². The first-order valence-electron chi connectivity index (χ1n) is 8.92. The number of aryl methyl sites for hydroxylation is 1. The summed E-state index contributed by atoms with van der Waals surface area (Å²) in [5.41, 5.74) is 12.9. The van der Waals surface area contributed by atoms with Crippen molar-refractivity contribution in [3.63, 3.8) is 0 Å². The Morgan fingerprint density at radius 1 is 1.10 bits per heavy atom. The molecule has 3 aromatic heterocycles. The quantitative estimate of drug-likeness (QED) is 0.478. The van der Waals surface area contributed by atoms with Gasteiger partial charge in [0, 0.05) is 29.9 Å². The van der Waals surface area contributed by atoms with E-state index in [2.05, 4.69) is 21.1 Å². The number of amides is 1. The number of hydrogen-bond acceptors (Lipinski definition) is 5. The molecule has 0 atom stereocenters. The number of carbonyl (C=O) groups excluding carboxylic acids is 1. The number of nitrogens with one attached hydrogen (secondary N) is 1. The summed E-state index contributed by atoms with van der Waals surface area (Å²) in [6.07, 6.45) is 1.90. The smallest absolute Gasteiger partial charge is 0.248 e. The van der Waals surface area contributed by atoms with Crippen LogP contribution < -0.4 is 5.73 Å². The van der Waals surface area contributed by atoms with Crippen molar-refractivity contribution in [1.29, 1.82) is 0 Å². The Balaban J connectivity index is 1.67. The predicted octanol–water partition coefficient (Wildman–Crippen LogP) is 3.85. The number of hydrogen-bond donors (Lipinski definition) is 2. The highest BCUT2D eigenvalue weighted by atomic mass is 32.1. The number of rotatable bonds is 4. The zero-order valence-electron chi connectivity index (χ0n) is 15.5. The van der Waals surface area contributed by atoms with E-state index in [1.165, 1.54) is 0 Å². The minimum Gasteiger partial charge on any atom is -0.366 e. The molecule has 7 nitrogen and oxygen atoms in total. The van der Waals surface area contributed by atoms with E-state index < -0.39 is 5.91 Å². The van der Waals surface area contributed by atoms with Crippen molar-refractivity contribution in [2.45, 2.75) is 0 Å². The minimum atomic E-state index is -0.455. The molecule has 8 heteroatoms. The van der Waals surface area contributed by atoms with Crippen LogP contribution in [0.5, 0.6) is 0 Å². The largest absolute Gasteiger partial charge is 0.366 e. The average Bonchev–Trinajstić information content (AvgIpc) is 3.46. The van der Waals surface area contributed by atoms with Gasteiger partial charge in [-0.1, -0.05) is 18.2 Å². The molecule has 1 amide bonds. The van der Waals surface area contributed by atoms with E-state index in [0.717, 1.165) is 38.4 Å². The zero-order chi connectivity index (χ0) is 20.0. The molecule has 5 rings (SSSR count). The van der Waals surface area contributed by atoms with E-state index in [1.807, 2.05) is 49.1 Å². The van der Waals surface area contributed by atoms with Crippen molar-refractivity contribution in [2.24, 2.45) is 12.8 Å². The van der Waals surface area contributed by atoms with Crippen molar-refractivity contribution in [3.8, 4) is 34.0 Å². The SMILES string of the molecule is Cn1ccc(-c2[nH]c(-c3ccc(C(N)=O)cc3)nc2-c2ccc3ncsc3c2)n1. The van der Waals surface area contributed by atoms with Crippen molar-refractivity contribution in [1.82, 2.24) is 24.7 Å². The van der Waals surface area contributed by atoms with Crippen LogP contribution in [0.15, 0.2) is 60.2 Å². The Kier molecular flexibility index (Phi) is 3.99. The summed E-state index contributed by atoms with van der Waals surface area (Å²) in [5, 5.41) is 4.54. The Morgan fingerprint density at radius 3 is 2.62 bits per heavy atom. The minimum absolute atomic E-state index is 0.455. The van der Waals surface area contributed by atoms with Crippen LogP contribution >= 0.6 is 11.3 Å². The van der Waals surface area contributed by atoms with Gasteiger partial charge in [-0.05, 0) is 30.3 Å². The molecule has 0 bridgehead atoms. The summed E-state index contributed by atoms with van der Waals surface area (Å²) in [6, 6.07) is 15.1. The fourth-order valence-corrected chi connectivity index (χ4v) is 3.96. The summed E-state index contributed by atoms with van der Waals surface area (Å²) < 4.78 is 2.86. The van der Waals surface area contributed by atoms with E-state index in [-0.39, 0.29) is 0 Å². The lowest BCUT2D eigenvalue weighted by atomic mass is 10.1. The summed E-state index contributed by atoms with van der Waals surface area (Å²) >= 11 is 1.60. The molecular formula is C21H16N6OS. The molecule has 0 saturated heterocycles. The topological polar surface area (TPSA) is 102 Å². The second kappa shape index (κ2) is 6.68. The van der Waals surface area contributed by atoms with Gasteiger partial charge in [0.2, 0.25) is 5.91 Å². The molecule has 142 valence electrons. The standard InChI is InChI=1S/C21H16N6OS/c1-27-9-8-16(26-27)19-18(14-6-7-15-17(10-14)29-11-23-15)24-21(25-19)13-4-2-12(3-5-13)20(22)28/h2-11H,1H3,(H2,22,28)(H,24,25). The third-order valence-electron chi connectivity index (χ3n) is 4.72. The van der Waals surface area contributed by atoms with Gasteiger partial charge in [0.15, 0.2) is 0 Å². The molecule has 0 unspecified atom stereocenters. The Labute approximate surface area is 169 Å². The maximum atomic E-state index is 11.3. The normalized spacial score (nSPS) is 11.2. The van der Waals surface area contributed by atoms with Crippen molar-refractivity contribution in [2.75, 3.05) is 0 Å². The fourth-order valence-electron chi connectivity index (χ4n) is 3.25. The van der Waals surface area contributed by atoms with Gasteiger partial charge < -0.3 is 10.7 Å². The molecule has 0 aliphatic heterocycles. The van der Waals surface area contributed by atoms with Gasteiger partial charge in [-0.3, -0.25) is 9.48 Å². The number of H-pyrrole nitrogens is 1. The molecule has 3 N–H and O–H groups in total. The molecule has 0 aliphatic rings. The molecule has 0 saturated carbocycles. The molecule has 2 aromatic carbocycles. The van der Waals surface area contributed by atoms with E-state index in [9.17, 15) is 4.79 Å². The van der Waals surface area contributed by atoms with Crippen molar-refractivity contribution in [3.05, 3.63) is 65.8 Å². The third kappa shape index (κ3) is 3.09. The lowest BCUT2D eigenvalue weighted by Crippen LogP contribution is -2.10. The lowest BCUT2D eigenvalue weighted by molar-refractivity contribution is 0.100. The maximum absolute atomic E-state index is 11.3. The maximum Gasteiger partial charge on any atom is 0.248 e. The van der Waals surface area contributed by atoms with Crippen LogP contribution in [0.2, 0.25) is 0 Å². The number of aromatic amines is 1. The molecule has 29 heavy (non-hydrogen) atoms. The first-order valence-corrected chi connectivity index (χ1v) is 9.80. The van der Waals surface area contributed by atoms with Crippen LogP contribution in [-0.4, -0.2) is 30.6 Å². The molecule has 0 aliphatic carbocycles. The highest BCUT2D eigenvalue weighted by Crippen LogP contribution is 2.34. The number of nitrogens with two attached hydrogens (primary N) is 1. The number of fused-ring (bicyclic) bond motifs is 1. The average molecular weight is 400 g/mol. The van der Waals surface area contributed by atoms with Crippen LogP contribution in [0.1, 0.15) is 10.4 Å². The lowest BCUT2D eigenvalue weighted by Gasteiger charge is -2.00. The number of nitrogens with zero attached hydrogens (tertiary/aromatic N) is 4. The Hall–Kier alpha value is -3.78. The number of primary amides is 1. The van der Waals surface area contributed by atoms with E-state index in [0.29, 0.717) is 11.4 Å². The number of carbonyl (C=O) groups is 1. The van der Waals surface area contributed by atoms with Crippen molar-refractivity contribution >= 4 is 27.5 Å². The van der Waals surface area contributed by atoms with Crippen molar-refractivity contribution < 1.29 is 4.79 Å². The molecule has 0 radical (unpaired) electrons. The molecule has 0 fully saturated rings. The predicted molar refractivity (Wildman–Crippen MR) is 113 cm³/mol. The second-order valence-corrected chi connectivity index (χ2v) is 7.55. The number of thiazole rings is 1. The molecule has 0 spiro atoms. The van der Waals surface area contributed by atoms with Gasteiger partial charge in [0.25, 0.3) is 0 Å². The van der Waals surface area contributed by atoms with Gasteiger partial charge in [0.05, 0.1) is 27.1 Å². The third-order valence-corrected chi connectivity index (χ3v) is 5.51. The molecule has 5 aromatic rings. The van der Waals surface area contributed by atoms with Gasteiger partial charge in [-0.25, -0.2) is 9.97 Å². The van der Waals surface area contributed by atoms with E-state index >= 15 is 0 Å². The Bertz CT molecular complexity index is 1350. The van der Waals surface area contributed by atoms with Crippen LogP contribution in [-0.2, 0) is 7.05 Å². The van der Waals surface area contributed by atoms with E-state index in [4.69, 9.17) is 10.7 Å². The fraction of sp³-hybridized carbons (Fsp3) is 0.0476. The summed E-state index contributed by atoms with van der Waals surface area (Å²) in [6.45, 7) is 0. The van der Waals surface area contributed by atoms with Crippen LogP contribution in [0.25, 0.3) is 44.2 Å². The van der Waals surface area contributed by atoms with Crippen LogP contribution in [0.3, 0.4) is 0 Å². The highest BCUT2D eigenvalue weighted by molar-refractivity contribution is 7.16. The number of aromatic nitrogens is 5. The summed E-state index contributed by atoms with van der Waals surface area (Å²) in [4.78, 5) is 24.0. The highest BCUT2D eigenvalue weighted by Gasteiger charge is 2.18. The summed E-state index contributed by atoms with van der Waals surface area (Å²) in [7, 11) is 1.88. The van der Waals surface area contributed by atoms with Gasteiger partial charge in [-0.15, -0.1) is 11.3 Å². The van der Waals surface area contributed by atoms with Gasteiger partial charge in [0.1, 0.15) is 11.5 Å². The number of imidazole rings is 1. The Morgan fingerprint density at radius 2 is 1.90 bits per heavy atom. The van der Waals surface area contributed by atoms with Crippen LogP contribution in [0.4, 0.5) is 0 Å².